The fourth-order valence-electron chi connectivity index (χ4n) is 2.68. The van der Waals surface area contributed by atoms with Crippen LogP contribution < -0.4 is 5.32 Å². The van der Waals surface area contributed by atoms with Crippen LogP contribution in [0.2, 0.25) is 0 Å². The SMILES string of the molecule is CCn1c(C)cc(C(=O)COC(=O)[C@H]2CCC(=O)N2)c1C. The summed E-state index contributed by atoms with van der Waals surface area (Å²) in [5, 5.41) is 2.52. The summed E-state index contributed by atoms with van der Waals surface area (Å²) in [5.41, 5.74) is 2.47. The first-order valence-corrected chi connectivity index (χ1v) is 7.10. The Kier molecular flexibility index (Phi) is 4.45. The fraction of sp³-hybridized carbons (Fsp3) is 0.533. The number of ketones is 1. The number of hydrogen-bond acceptors (Lipinski definition) is 4. The zero-order valence-corrected chi connectivity index (χ0v) is 12.6. The minimum Gasteiger partial charge on any atom is -0.456 e. The van der Waals surface area contributed by atoms with Gasteiger partial charge in [-0.15, -0.1) is 0 Å². The van der Waals surface area contributed by atoms with Crippen LogP contribution in [-0.4, -0.2) is 34.9 Å². The summed E-state index contributed by atoms with van der Waals surface area (Å²) in [5.74, 6) is -0.922. The van der Waals surface area contributed by atoms with Crippen molar-refractivity contribution in [1.82, 2.24) is 9.88 Å². The van der Waals surface area contributed by atoms with Gasteiger partial charge >= 0.3 is 5.97 Å². The maximum absolute atomic E-state index is 12.2. The number of aryl methyl sites for hydroxylation is 1. The van der Waals surface area contributed by atoms with Crippen molar-refractivity contribution in [3.05, 3.63) is 23.0 Å². The van der Waals surface area contributed by atoms with Gasteiger partial charge in [0, 0.05) is 29.9 Å². The minimum atomic E-state index is -0.617. The number of esters is 1. The molecule has 0 aromatic carbocycles. The van der Waals surface area contributed by atoms with Crippen LogP contribution in [-0.2, 0) is 20.9 Å². The lowest BCUT2D eigenvalue weighted by molar-refractivity contribution is -0.145. The molecule has 21 heavy (non-hydrogen) atoms. The van der Waals surface area contributed by atoms with Crippen molar-refractivity contribution in [3.8, 4) is 0 Å². The van der Waals surface area contributed by atoms with Crippen molar-refractivity contribution in [2.45, 2.75) is 46.2 Å². The van der Waals surface area contributed by atoms with E-state index in [-0.39, 0.29) is 18.3 Å². The highest BCUT2D eigenvalue weighted by molar-refractivity contribution is 5.99. The Balaban J connectivity index is 1.96. The van der Waals surface area contributed by atoms with E-state index in [1.807, 2.05) is 31.4 Å². The van der Waals surface area contributed by atoms with E-state index in [0.717, 1.165) is 17.9 Å². The normalized spacial score (nSPS) is 17.7. The molecular formula is C15H20N2O4. The first-order chi connectivity index (χ1) is 9.93. The second kappa shape index (κ2) is 6.11. The number of rotatable bonds is 5. The van der Waals surface area contributed by atoms with Crippen LogP contribution in [0.4, 0.5) is 0 Å². The molecule has 1 fully saturated rings. The Labute approximate surface area is 123 Å². The summed E-state index contributed by atoms with van der Waals surface area (Å²) in [4.78, 5) is 34.9. The van der Waals surface area contributed by atoms with E-state index in [9.17, 15) is 14.4 Å². The topological polar surface area (TPSA) is 77.4 Å². The molecule has 1 saturated heterocycles. The van der Waals surface area contributed by atoms with Gasteiger partial charge in [-0.1, -0.05) is 0 Å². The average molecular weight is 292 g/mol. The molecule has 1 N–H and O–H groups in total. The number of aromatic nitrogens is 1. The Morgan fingerprint density at radius 1 is 1.43 bits per heavy atom. The van der Waals surface area contributed by atoms with E-state index >= 15 is 0 Å². The Hall–Kier alpha value is -2.11. The quantitative estimate of drug-likeness (QED) is 0.652. The molecule has 6 heteroatoms. The molecule has 0 unspecified atom stereocenters. The van der Waals surface area contributed by atoms with Gasteiger partial charge in [0.15, 0.2) is 6.61 Å². The number of nitrogens with zero attached hydrogens (tertiary/aromatic N) is 1. The third-order valence-corrected chi connectivity index (χ3v) is 3.82. The summed E-state index contributed by atoms with van der Waals surface area (Å²) in [6, 6.07) is 1.19. The van der Waals surface area contributed by atoms with E-state index in [1.54, 1.807) is 0 Å². The standard InChI is InChI=1S/C15H20N2O4/c1-4-17-9(2)7-11(10(17)3)13(18)8-21-15(20)12-5-6-14(19)16-12/h7,12H,4-6,8H2,1-3H3,(H,16,19)/t12-/m1/s1. The van der Waals surface area contributed by atoms with Crippen LogP contribution in [0.1, 0.15) is 41.5 Å². The van der Waals surface area contributed by atoms with Crippen molar-refractivity contribution in [2.24, 2.45) is 0 Å². The van der Waals surface area contributed by atoms with Gasteiger partial charge < -0.3 is 14.6 Å². The van der Waals surface area contributed by atoms with E-state index in [4.69, 9.17) is 4.74 Å². The monoisotopic (exact) mass is 292 g/mol. The molecule has 6 nitrogen and oxygen atoms in total. The number of carbonyl (C=O) groups is 3. The van der Waals surface area contributed by atoms with Gasteiger partial charge in [-0.25, -0.2) is 4.79 Å². The fourth-order valence-corrected chi connectivity index (χ4v) is 2.68. The largest absolute Gasteiger partial charge is 0.456 e. The lowest BCUT2D eigenvalue weighted by atomic mass is 10.1. The van der Waals surface area contributed by atoms with Crippen LogP contribution in [0, 0.1) is 13.8 Å². The molecule has 0 spiro atoms. The number of nitrogens with one attached hydrogen (secondary N) is 1. The smallest absolute Gasteiger partial charge is 0.329 e. The van der Waals surface area contributed by atoms with Crippen molar-refractivity contribution in [3.63, 3.8) is 0 Å². The van der Waals surface area contributed by atoms with Crippen LogP contribution in [0.15, 0.2) is 6.07 Å². The minimum absolute atomic E-state index is 0.158. The molecule has 1 aliphatic rings. The first kappa shape index (κ1) is 15.3. The molecule has 1 amide bonds. The van der Waals surface area contributed by atoms with E-state index < -0.39 is 12.0 Å². The lowest BCUT2D eigenvalue weighted by Gasteiger charge is -2.10. The number of Topliss-reactive ketones (excluding diaryl/α,β-unsaturated/α-hetero) is 1. The molecule has 114 valence electrons. The van der Waals surface area contributed by atoms with Gasteiger partial charge in [0.05, 0.1) is 0 Å². The number of hydrogen-bond donors (Lipinski definition) is 1. The van der Waals surface area contributed by atoms with Crippen molar-refractivity contribution in [2.75, 3.05) is 6.61 Å². The molecule has 2 rings (SSSR count). The average Bonchev–Trinajstić information content (AvgIpc) is 3.00. The van der Waals surface area contributed by atoms with Crippen LogP contribution in [0.3, 0.4) is 0 Å². The number of ether oxygens (including phenoxy) is 1. The molecule has 1 aromatic rings. The van der Waals surface area contributed by atoms with Crippen molar-refractivity contribution in [1.29, 1.82) is 0 Å². The highest BCUT2D eigenvalue weighted by Crippen LogP contribution is 2.16. The van der Waals surface area contributed by atoms with Gasteiger partial charge in [-0.05, 0) is 33.3 Å². The molecule has 0 bridgehead atoms. The summed E-state index contributed by atoms with van der Waals surface area (Å²) < 4.78 is 7.05. The predicted octanol–water partition coefficient (Wildman–Crippen LogP) is 1.13. The van der Waals surface area contributed by atoms with Gasteiger partial charge in [0.1, 0.15) is 6.04 Å². The molecule has 0 radical (unpaired) electrons. The van der Waals surface area contributed by atoms with Crippen molar-refractivity contribution < 1.29 is 19.1 Å². The zero-order chi connectivity index (χ0) is 15.6. The Bertz CT molecular complexity index is 589. The maximum atomic E-state index is 12.2. The lowest BCUT2D eigenvalue weighted by Crippen LogP contribution is -2.35. The van der Waals surface area contributed by atoms with E-state index in [1.165, 1.54) is 0 Å². The summed E-state index contributed by atoms with van der Waals surface area (Å²) in [6.07, 6.45) is 0.752. The van der Waals surface area contributed by atoms with Crippen LogP contribution in [0.5, 0.6) is 0 Å². The van der Waals surface area contributed by atoms with E-state index in [2.05, 4.69) is 5.32 Å². The molecule has 2 heterocycles. The van der Waals surface area contributed by atoms with Gasteiger partial charge in [0.2, 0.25) is 11.7 Å². The first-order valence-electron chi connectivity index (χ1n) is 7.10. The number of amides is 1. The third kappa shape index (κ3) is 3.15. The van der Waals surface area contributed by atoms with Crippen molar-refractivity contribution >= 4 is 17.7 Å². The van der Waals surface area contributed by atoms with Crippen LogP contribution >= 0.6 is 0 Å². The van der Waals surface area contributed by atoms with Gasteiger partial charge in [-0.3, -0.25) is 9.59 Å². The third-order valence-electron chi connectivity index (χ3n) is 3.82. The second-order valence-corrected chi connectivity index (χ2v) is 5.22. The van der Waals surface area contributed by atoms with Crippen LogP contribution in [0.25, 0.3) is 0 Å². The highest BCUT2D eigenvalue weighted by atomic mass is 16.5. The molecule has 1 aliphatic heterocycles. The van der Waals surface area contributed by atoms with E-state index in [0.29, 0.717) is 18.4 Å². The molecular weight excluding hydrogens is 272 g/mol. The highest BCUT2D eigenvalue weighted by Gasteiger charge is 2.29. The predicted molar refractivity (Wildman–Crippen MR) is 76.0 cm³/mol. The molecule has 0 aliphatic carbocycles. The molecule has 1 atom stereocenters. The molecule has 1 aromatic heterocycles. The number of carbonyl (C=O) groups excluding carboxylic acids is 3. The maximum Gasteiger partial charge on any atom is 0.329 e. The molecule has 0 saturated carbocycles. The Morgan fingerprint density at radius 2 is 2.14 bits per heavy atom. The summed E-state index contributed by atoms with van der Waals surface area (Å²) in [7, 11) is 0. The zero-order valence-electron chi connectivity index (χ0n) is 12.6. The summed E-state index contributed by atoms with van der Waals surface area (Å²) in [6.45, 7) is 6.32. The summed E-state index contributed by atoms with van der Waals surface area (Å²) >= 11 is 0. The van der Waals surface area contributed by atoms with Gasteiger partial charge in [0.25, 0.3) is 0 Å². The second-order valence-electron chi connectivity index (χ2n) is 5.22. The van der Waals surface area contributed by atoms with Gasteiger partial charge in [-0.2, -0.15) is 0 Å². The Morgan fingerprint density at radius 3 is 2.67 bits per heavy atom.